The predicted octanol–water partition coefficient (Wildman–Crippen LogP) is 4.42. The molecule has 4 atom stereocenters. The van der Waals surface area contributed by atoms with Crippen LogP contribution < -0.4 is 0 Å². The molecule has 0 heteroatoms. The summed E-state index contributed by atoms with van der Waals surface area (Å²) in [5, 5.41) is 0. The van der Waals surface area contributed by atoms with E-state index < -0.39 is 0 Å². The van der Waals surface area contributed by atoms with Crippen molar-refractivity contribution in [1.82, 2.24) is 0 Å². The lowest BCUT2D eigenvalue weighted by molar-refractivity contribution is 0.0595. The Bertz CT molecular complexity index is 312. The topological polar surface area (TPSA) is 0 Å². The molecular formula is C15H24. The molecule has 0 aromatic carbocycles. The summed E-state index contributed by atoms with van der Waals surface area (Å²) in [6.07, 6.45) is 7.10. The fourth-order valence-corrected chi connectivity index (χ4v) is 5.47. The minimum Gasteiger partial charge on any atom is -0.0993 e. The van der Waals surface area contributed by atoms with Crippen LogP contribution >= 0.6 is 0 Å². The third-order valence-electron chi connectivity index (χ3n) is 6.45. The predicted molar refractivity (Wildman–Crippen MR) is 64.6 cm³/mol. The number of hydrogen-bond donors (Lipinski definition) is 0. The summed E-state index contributed by atoms with van der Waals surface area (Å²) < 4.78 is 0. The maximum absolute atomic E-state index is 4.46. The van der Waals surface area contributed by atoms with E-state index in [0.717, 1.165) is 17.8 Å². The van der Waals surface area contributed by atoms with Gasteiger partial charge in [0.25, 0.3) is 0 Å². The van der Waals surface area contributed by atoms with Crippen molar-refractivity contribution in [1.29, 1.82) is 0 Å². The molecule has 0 saturated heterocycles. The number of fused-ring (bicyclic) bond motifs is 1. The molecule has 0 radical (unpaired) electrons. The monoisotopic (exact) mass is 204 g/mol. The summed E-state index contributed by atoms with van der Waals surface area (Å²) in [6, 6.07) is 0. The van der Waals surface area contributed by atoms with E-state index in [9.17, 15) is 0 Å². The van der Waals surface area contributed by atoms with Gasteiger partial charge in [0.1, 0.15) is 0 Å². The quantitative estimate of drug-likeness (QED) is 0.513. The van der Waals surface area contributed by atoms with Crippen molar-refractivity contribution in [2.45, 2.75) is 52.9 Å². The first-order chi connectivity index (χ1) is 7.00. The lowest BCUT2D eigenvalue weighted by atomic mass is 9.54. The summed E-state index contributed by atoms with van der Waals surface area (Å²) >= 11 is 0. The zero-order valence-electron chi connectivity index (χ0n) is 10.5. The van der Waals surface area contributed by atoms with Crippen LogP contribution in [0.25, 0.3) is 0 Å². The molecule has 0 nitrogen and oxygen atoms in total. The van der Waals surface area contributed by atoms with Gasteiger partial charge in [-0.15, -0.1) is 0 Å². The van der Waals surface area contributed by atoms with E-state index >= 15 is 0 Å². The largest absolute Gasteiger partial charge is 0.0993 e. The lowest BCUT2D eigenvalue weighted by Crippen LogP contribution is -2.42. The van der Waals surface area contributed by atoms with Crippen molar-refractivity contribution < 1.29 is 0 Å². The zero-order chi connectivity index (χ0) is 10.8. The van der Waals surface area contributed by atoms with Gasteiger partial charge in [0, 0.05) is 0 Å². The van der Waals surface area contributed by atoms with Gasteiger partial charge in [0.05, 0.1) is 0 Å². The van der Waals surface area contributed by atoms with E-state index in [1.54, 1.807) is 5.57 Å². The summed E-state index contributed by atoms with van der Waals surface area (Å²) in [7, 11) is 0. The minimum atomic E-state index is 0.537. The fourth-order valence-electron chi connectivity index (χ4n) is 5.47. The van der Waals surface area contributed by atoms with Gasteiger partial charge in [0.2, 0.25) is 0 Å². The Morgan fingerprint density at radius 3 is 2.73 bits per heavy atom. The second-order valence-corrected chi connectivity index (χ2v) is 6.89. The van der Waals surface area contributed by atoms with E-state index in [1.165, 1.54) is 32.1 Å². The highest BCUT2D eigenvalue weighted by molar-refractivity contribution is 5.28. The van der Waals surface area contributed by atoms with Crippen molar-refractivity contribution in [3.63, 3.8) is 0 Å². The lowest BCUT2D eigenvalue weighted by Gasteiger charge is -2.50. The first-order valence-electron chi connectivity index (χ1n) is 6.68. The van der Waals surface area contributed by atoms with Crippen LogP contribution in [0.1, 0.15) is 52.9 Å². The maximum Gasteiger partial charge on any atom is -0.000607 e. The van der Waals surface area contributed by atoms with Gasteiger partial charge in [-0.2, -0.15) is 0 Å². The number of hydrogen-bond acceptors (Lipinski definition) is 0. The van der Waals surface area contributed by atoms with Crippen LogP contribution in [0.15, 0.2) is 12.2 Å². The maximum atomic E-state index is 4.46. The molecule has 3 unspecified atom stereocenters. The normalized spacial score (nSPS) is 51.9. The molecule has 3 fully saturated rings. The SMILES string of the molecule is C=C1CCC2C[C@H]3C(C)CCC13C2(C)C. The Morgan fingerprint density at radius 2 is 2.00 bits per heavy atom. The molecule has 3 aliphatic rings. The second kappa shape index (κ2) is 2.70. The molecule has 3 aliphatic carbocycles. The van der Waals surface area contributed by atoms with Gasteiger partial charge in [-0.05, 0) is 60.7 Å². The average Bonchev–Trinajstić information content (AvgIpc) is 2.53. The Kier molecular flexibility index (Phi) is 1.79. The Balaban J connectivity index is 2.14. The van der Waals surface area contributed by atoms with Gasteiger partial charge in [-0.1, -0.05) is 32.9 Å². The van der Waals surface area contributed by atoms with Gasteiger partial charge in [0.15, 0.2) is 0 Å². The van der Waals surface area contributed by atoms with E-state index in [4.69, 9.17) is 0 Å². The average molecular weight is 204 g/mol. The minimum absolute atomic E-state index is 0.537. The molecule has 2 bridgehead atoms. The van der Waals surface area contributed by atoms with E-state index in [0.29, 0.717) is 10.8 Å². The summed E-state index contributed by atoms with van der Waals surface area (Å²) in [5.74, 6) is 2.90. The van der Waals surface area contributed by atoms with Crippen LogP contribution in [-0.2, 0) is 0 Å². The van der Waals surface area contributed by atoms with Crippen molar-refractivity contribution in [2.75, 3.05) is 0 Å². The first kappa shape index (κ1) is 9.93. The summed E-state index contributed by atoms with van der Waals surface area (Å²) in [5.41, 5.74) is 2.68. The second-order valence-electron chi connectivity index (χ2n) is 6.89. The molecule has 0 heterocycles. The molecule has 3 saturated carbocycles. The van der Waals surface area contributed by atoms with Gasteiger partial charge < -0.3 is 0 Å². The third kappa shape index (κ3) is 0.905. The number of allylic oxidation sites excluding steroid dienone is 1. The molecule has 0 aliphatic heterocycles. The van der Waals surface area contributed by atoms with Crippen molar-refractivity contribution >= 4 is 0 Å². The molecule has 0 N–H and O–H groups in total. The van der Waals surface area contributed by atoms with Crippen LogP contribution in [0.3, 0.4) is 0 Å². The van der Waals surface area contributed by atoms with E-state index in [2.05, 4.69) is 27.4 Å². The van der Waals surface area contributed by atoms with Crippen molar-refractivity contribution in [3.8, 4) is 0 Å². The van der Waals surface area contributed by atoms with E-state index in [-0.39, 0.29) is 0 Å². The highest BCUT2D eigenvalue weighted by atomic mass is 14.7. The summed E-state index contributed by atoms with van der Waals surface area (Å²) in [6.45, 7) is 12.0. The first-order valence-corrected chi connectivity index (χ1v) is 6.68. The molecule has 84 valence electrons. The smallest absolute Gasteiger partial charge is 0.000607 e. The molecule has 0 amide bonds. The molecule has 3 rings (SSSR count). The van der Waals surface area contributed by atoms with Gasteiger partial charge in [-0.3, -0.25) is 0 Å². The van der Waals surface area contributed by atoms with Gasteiger partial charge >= 0.3 is 0 Å². The van der Waals surface area contributed by atoms with Crippen molar-refractivity contribution in [3.05, 3.63) is 12.2 Å². The van der Waals surface area contributed by atoms with Gasteiger partial charge in [-0.25, -0.2) is 0 Å². The highest BCUT2D eigenvalue weighted by Crippen LogP contribution is 2.73. The molecular weight excluding hydrogens is 180 g/mol. The third-order valence-corrected chi connectivity index (χ3v) is 6.45. The van der Waals surface area contributed by atoms with Crippen LogP contribution in [0.5, 0.6) is 0 Å². The molecule has 0 aromatic heterocycles. The van der Waals surface area contributed by atoms with Crippen molar-refractivity contribution in [2.24, 2.45) is 28.6 Å². The molecule has 15 heavy (non-hydrogen) atoms. The Labute approximate surface area is 94.1 Å². The molecule has 0 aromatic rings. The standard InChI is InChI=1S/C15H24/c1-10-7-8-15-11(2)5-6-12(9-13(10)15)14(15,3)4/h10,12-13H,2,5-9H2,1,3-4H3/t10?,12?,13-,15?/m0/s1. The Hall–Kier alpha value is -0.260. The number of rotatable bonds is 0. The van der Waals surface area contributed by atoms with Crippen LogP contribution in [0.2, 0.25) is 0 Å². The zero-order valence-corrected chi connectivity index (χ0v) is 10.5. The van der Waals surface area contributed by atoms with E-state index in [1.807, 2.05) is 0 Å². The van der Waals surface area contributed by atoms with Crippen LogP contribution in [0, 0.1) is 28.6 Å². The highest BCUT2D eigenvalue weighted by Gasteiger charge is 2.65. The fraction of sp³-hybridized carbons (Fsp3) is 0.867. The molecule has 1 spiro atoms. The van der Waals surface area contributed by atoms with Crippen LogP contribution in [-0.4, -0.2) is 0 Å². The Morgan fingerprint density at radius 1 is 1.27 bits per heavy atom. The van der Waals surface area contributed by atoms with Crippen LogP contribution in [0.4, 0.5) is 0 Å². The summed E-state index contributed by atoms with van der Waals surface area (Å²) in [4.78, 5) is 0.